The minimum absolute atomic E-state index is 0.366. The van der Waals surface area contributed by atoms with Gasteiger partial charge in [0.1, 0.15) is 0 Å². The predicted molar refractivity (Wildman–Crippen MR) is 561 cm³/mol. The molecule has 28 rings (SSSR count). The van der Waals surface area contributed by atoms with E-state index < -0.39 is 23.5 Å². The Balaban J connectivity index is 0.000000141. The monoisotopic (exact) mass is 1810 g/mol. The summed E-state index contributed by atoms with van der Waals surface area (Å²) in [5, 5.41) is 16.6. The van der Waals surface area contributed by atoms with Crippen LogP contribution in [0.4, 0.5) is 37.7 Å². The molecule has 0 amide bonds. The first-order valence-corrected chi connectivity index (χ1v) is 46.2. The smallest absolute Gasteiger partial charge is 0.310 e. The molecular formula is C124H72F6N10. The SMILES string of the molecule is [C-]#[N+]c1ccc(-c2cc(C(F)(F)F)ccc2-n2c3ccccc3c3c2ccc2c4ccccc4n(-c4ccccc4)c23)c(-n2c3ccccc3c3c2ccc2c4ccccc4n(-c4ccccc4)c23)c1.[C-]#[N+]c1ccc(-c2cc(C(F)(F)F)ccc2-n2c3ccccc3c3cc4c5ccccc5n(-c5ccccc5)c4cc32)c(-n2c3ccccc3c3cc4c5ccccc5n(-c5ccccc5)c4cc32)c1. The standard InChI is InChI=1S/2C62H36F3N5/c1-66-39-29-30-44(57(37-39)70-53-27-15-11-23-48(53)59-56(70)35-32-46-43-21-9-13-25-51(43)68(61(46)59)41-18-6-3-7-19-41)49-36-38(62(63,64)65)28-33-54(49)69-52-26-14-10-22-47(52)58-55(69)34-31-45-42-20-8-12-24-50(42)67(60(45)58)40-16-4-2-5-17-40;1-66-39-29-30-46(57(33-39)70-55-27-15-11-23-45(55)51-35-49-43-21-9-13-25-53(43)68(59(49)37-61(51)70)41-18-6-3-7-19-41)47-32-38(62(63,64)65)28-31-56(47)69-54-26-14-10-22-44(54)50-34-48-42-20-8-12-24-52(42)67(58(48)36-60(50)69)40-16-4-2-5-17-40/h2*2-37H. The highest BCUT2D eigenvalue weighted by Crippen LogP contribution is 2.53. The van der Waals surface area contributed by atoms with Gasteiger partial charge >= 0.3 is 12.4 Å². The van der Waals surface area contributed by atoms with Crippen molar-refractivity contribution in [1.82, 2.24) is 36.5 Å². The van der Waals surface area contributed by atoms with Gasteiger partial charge in [0.25, 0.3) is 0 Å². The summed E-state index contributed by atoms with van der Waals surface area (Å²) in [5.41, 5.74) is 22.5. The summed E-state index contributed by atoms with van der Waals surface area (Å²) >= 11 is 0. The predicted octanol–water partition coefficient (Wildman–Crippen LogP) is 34.6. The van der Waals surface area contributed by atoms with Crippen molar-refractivity contribution in [2.45, 2.75) is 12.4 Å². The Labute approximate surface area is 794 Å². The molecule has 8 heterocycles. The average molecular weight is 1820 g/mol. The van der Waals surface area contributed by atoms with E-state index >= 15 is 26.3 Å². The van der Waals surface area contributed by atoms with E-state index in [0.29, 0.717) is 56.4 Å². The molecule has 0 N–H and O–H groups in total. The second-order valence-corrected chi connectivity index (χ2v) is 35.7. The number of halogens is 6. The third-order valence-corrected chi connectivity index (χ3v) is 28.3. The van der Waals surface area contributed by atoms with Gasteiger partial charge in [0.05, 0.1) is 124 Å². The lowest BCUT2D eigenvalue weighted by molar-refractivity contribution is -0.138. The van der Waals surface area contributed by atoms with Crippen LogP contribution < -0.4 is 0 Å². The van der Waals surface area contributed by atoms with E-state index in [0.717, 1.165) is 197 Å². The van der Waals surface area contributed by atoms with Crippen molar-refractivity contribution in [1.29, 1.82) is 0 Å². The number of aromatic nitrogens is 8. The lowest BCUT2D eigenvalue weighted by Gasteiger charge is -2.21. The molecule has 0 bridgehead atoms. The number of para-hydroxylation sites is 12. The maximum atomic E-state index is 15.2. The fraction of sp³-hybridized carbons (Fsp3) is 0.0161. The van der Waals surface area contributed by atoms with Crippen LogP contribution in [0.2, 0.25) is 0 Å². The first-order valence-electron chi connectivity index (χ1n) is 46.2. The normalized spacial score (nSPS) is 12.2. The van der Waals surface area contributed by atoms with Crippen LogP contribution in [-0.4, -0.2) is 36.5 Å². The van der Waals surface area contributed by atoms with Gasteiger partial charge in [-0.05, 0) is 182 Å². The van der Waals surface area contributed by atoms with Crippen molar-refractivity contribution in [2.24, 2.45) is 0 Å². The zero-order valence-electron chi connectivity index (χ0n) is 74.3. The fourth-order valence-electron chi connectivity index (χ4n) is 22.6. The van der Waals surface area contributed by atoms with Crippen molar-refractivity contribution < 1.29 is 26.3 Å². The molecular weight excluding hydrogens is 1740 g/mol. The van der Waals surface area contributed by atoms with Gasteiger partial charge in [-0.15, -0.1) is 0 Å². The van der Waals surface area contributed by atoms with Gasteiger partial charge in [0.15, 0.2) is 11.4 Å². The zero-order chi connectivity index (χ0) is 93.7. The van der Waals surface area contributed by atoms with Crippen LogP contribution in [0.1, 0.15) is 11.1 Å². The molecule has 660 valence electrons. The third-order valence-electron chi connectivity index (χ3n) is 28.3. The Hall–Kier alpha value is -18.6. The molecule has 140 heavy (non-hydrogen) atoms. The number of hydrogen-bond donors (Lipinski definition) is 0. The summed E-state index contributed by atoms with van der Waals surface area (Å²) in [6.07, 6.45) is -9.28. The van der Waals surface area contributed by atoms with E-state index in [1.54, 1.807) is 24.3 Å². The van der Waals surface area contributed by atoms with Crippen molar-refractivity contribution in [3.63, 3.8) is 0 Å². The Morgan fingerprint density at radius 3 is 0.757 bits per heavy atom. The minimum Gasteiger partial charge on any atom is -0.310 e. The van der Waals surface area contributed by atoms with E-state index in [2.05, 4.69) is 265 Å². The Morgan fingerprint density at radius 1 is 0.171 bits per heavy atom. The molecule has 0 saturated heterocycles. The lowest BCUT2D eigenvalue weighted by atomic mass is 9.97. The molecule has 0 spiro atoms. The van der Waals surface area contributed by atoms with Gasteiger partial charge in [-0.1, -0.05) is 255 Å². The number of benzene rings is 20. The second-order valence-electron chi connectivity index (χ2n) is 35.7. The average Bonchev–Trinajstić information content (AvgIpc) is 1.57. The number of hydrogen-bond acceptors (Lipinski definition) is 0. The van der Waals surface area contributed by atoms with Crippen molar-refractivity contribution in [3.8, 4) is 67.8 Å². The zero-order valence-corrected chi connectivity index (χ0v) is 74.3. The molecule has 0 atom stereocenters. The Kier molecular flexibility index (Phi) is 17.9. The van der Waals surface area contributed by atoms with Gasteiger partial charge < -0.3 is 36.5 Å². The molecule has 0 saturated carbocycles. The molecule has 0 aliphatic rings. The summed E-state index contributed by atoms with van der Waals surface area (Å²) in [6.45, 7) is 16.5. The highest BCUT2D eigenvalue weighted by molar-refractivity contribution is 6.29. The molecule has 8 aromatic heterocycles. The van der Waals surface area contributed by atoms with Crippen molar-refractivity contribution >= 4 is 186 Å². The van der Waals surface area contributed by atoms with Gasteiger partial charge in [-0.2, -0.15) is 26.3 Å². The highest BCUT2D eigenvalue weighted by atomic mass is 19.4. The summed E-state index contributed by atoms with van der Waals surface area (Å²) in [6, 6.07) is 143. The van der Waals surface area contributed by atoms with Gasteiger partial charge in [-0.3, -0.25) is 0 Å². The van der Waals surface area contributed by atoms with Crippen LogP contribution in [0.3, 0.4) is 0 Å². The van der Waals surface area contributed by atoms with Crippen LogP contribution in [0.25, 0.3) is 252 Å². The molecule has 28 aromatic rings. The highest BCUT2D eigenvalue weighted by Gasteiger charge is 2.36. The van der Waals surface area contributed by atoms with E-state index in [4.69, 9.17) is 13.1 Å². The third kappa shape index (κ3) is 12.1. The first kappa shape index (κ1) is 81.0. The van der Waals surface area contributed by atoms with E-state index in [-0.39, 0.29) is 0 Å². The van der Waals surface area contributed by atoms with Crippen LogP contribution in [0.15, 0.2) is 437 Å². The molecule has 16 heteroatoms. The summed E-state index contributed by atoms with van der Waals surface area (Å²) in [7, 11) is 0. The van der Waals surface area contributed by atoms with Crippen LogP contribution in [0.5, 0.6) is 0 Å². The first-order chi connectivity index (χ1) is 68.7. The minimum atomic E-state index is -4.64. The molecule has 0 aliphatic heterocycles. The van der Waals surface area contributed by atoms with Crippen molar-refractivity contribution in [3.05, 3.63) is 471 Å². The molecule has 0 fully saturated rings. The summed E-state index contributed by atoms with van der Waals surface area (Å²) in [4.78, 5) is 7.81. The van der Waals surface area contributed by atoms with Gasteiger partial charge in [0.2, 0.25) is 0 Å². The molecule has 10 nitrogen and oxygen atoms in total. The maximum absolute atomic E-state index is 15.2. The fourth-order valence-corrected chi connectivity index (χ4v) is 22.6. The van der Waals surface area contributed by atoms with Gasteiger partial charge in [0, 0.05) is 143 Å². The lowest BCUT2D eigenvalue weighted by Crippen LogP contribution is -2.08. The van der Waals surface area contributed by atoms with Crippen LogP contribution in [-0.2, 0) is 12.4 Å². The second kappa shape index (κ2) is 31.0. The maximum Gasteiger partial charge on any atom is 0.416 e. The number of nitrogens with zero attached hydrogens (tertiary/aromatic N) is 10. The van der Waals surface area contributed by atoms with E-state index in [1.165, 1.54) is 24.3 Å². The molecule has 20 aromatic carbocycles. The molecule has 0 unspecified atom stereocenters. The van der Waals surface area contributed by atoms with E-state index in [1.807, 2.05) is 170 Å². The largest absolute Gasteiger partial charge is 0.416 e. The summed E-state index contributed by atoms with van der Waals surface area (Å²) < 4.78 is 109. The van der Waals surface area contributed by atoms with Gasteiger partial charge in [-0.25, -0.2) is 9.69 Å². The van der Waals surface area contributed by atoms with Crippen LogP contribution >= 0.6 is 0 Å². The quantitative estimate of drug-likeness (QED) is 0.0968. The van der Waals surface area contributed by atoms with E-state index in [9.17, 15) is 0 Å². The Morgan fingerprint density at radius 2 is 0.429 bits per heavy atom. The number of alkyl halides is 6. The Bertz CT molecular complexity index is 10100. The number of rotatable bonds is 10. The topological polar surface area (TPSA) is 48.2 Å². The van der Waals surface area contributed by atoms with Crippen LogP contribution in [0, 0.1) is 13.1 Å². The van der Waals surface area contributed by atoms with Crippen molar-refractivity contribution in [2.75, 3.05) is 0 Å². The molecule has 0 aliphatic carbocycles. The number of fused-ring (bicyclic) bond motifs is 26. The summed E-state index contributed by atoms with van der Waals surface area (Å²) in [5.74, 6) is 0. The molecule has 0 radical (unpaired) electrons.